The second kappa shape index (κ2) is 7.06. The molecule has 1 amide bonds. The van der Waals surface area contributed by atoms with Gasteiger partial charge in [0.2, 0.25) is 5.89 Å². The number of carbonyl (C=O) groups excluding carboxylic acids is 1. The summed E-state index contributed by atoms with van der Waals surface area (Å²) in [5.74, 6) is 0.0940. The van der Waals surface area contributed by atoms with Gasteiger partial charge in [0.15, 0.2) is 5.58 Å². The lowest BCUT2D eigenvalue weighted by molar-refractivity contribution is 0.102. The van der Waals surface area contributed by atoms with E-state index in [4.69, 9.17) is 27.6 Å². The molecular weight excluding hydrogens is 383 g/mol. The minimum Gasteiger partial charge on any atom is -0.436 e. The first kappa shape index (κ1) is 17.6. The van der Waals surface area contributed by atoms with E-state index in [-0.39, 0.29) is 5.91 Å². The average Bonchev–Trinajstić information content (AvgIpc) is 3.07. The summed E-state index contributed by atoms with van der Waals surface area (Å²) in [6.45, 7) is 1.92. The zero-order chi connectivity index (χ0) is 19.0. The highest BCUT2D eigenvalue weighted by Crippen LogP contribution is 2.32. The topological polar surface area (TPSA) is 55.1 Å². The number of oxazole rings is 1. The van der Waals surface area contributed by atoms with Crippen molar-refractivity contribution in [2.75, 3.05) is 5.32 Å². The molecule has 0 saturated heterocycles. The Morgan fingerprint density at radius 1 is 1.00 bits per heavy atom. The Kier molecular flexibility index (Phi) is 4.60. The predicted octanol–water partition coefficient (Wildman–Crippen LogP) is 6.36. The summed E-state index contributed by atoms with van der Waals surface area (Å²) in [5, 5.41) is 3.72. The van der Waals surface area contributed by atoms with Crippen molar-refractivity contribution in [2.45, 2.75) is 6.92 Å². The molecule has 1 aromatic heterocycles. The summed E-state index contributed by atoms with van der Waals surface area (Å²) in [7, 11) is 0. The SMILES string of the molecule is Cc1ccc(C(=O)Nc2ccc(Cl)c(-c3nc4ccccc4o3)c2)c(Cl)c1. The number of aromatic nitrogens is 1. The fourth-order valence-electron chi connectivity index (χ4n) is 2.76. The first-order chi connectivity index (χ1) is 13.0. The molecule has 0 atom stereocenters. The van der Waals surface area contributed by atoms with E-state index >= 15 is 0 Å². The highest BCUT2D eigenvalue weighted by Gasteiger charge is 2.15. The zero-order valence-electron chi connectivity index (χ0n) is 14.3. The number of rotatable bonds is 3. The van der Waals surface area contributed by atoms with Gasteiger partial charge in [0, 0.05) is 5.69 Å². The van der Waals surface area contributed by atoms with Gasteiger partial charge in [-0.15, -0.1) is 0 Å². The van der Waals surface area contributed by atoms with Gasteiger partial charge in [-0.05, 0) is 55.0 Å². The fourth-order valence-corrected chi connectivity index (χ4v) is 3.28. The van der Waals surface area contributed by atoms with Crippen molar-refractivity contribution in [3.8, 4) is 11.5 Å². The maximum absolute atomic E-state index is 12.6. The first-order valence-electron chi connectivity index (χ1n) is 8.24. The Labute approximate surface area is 165 Å². The van der Waals surface area contributed by atoms with Gasteiger partial charge in [0.1, 0.15) is 5.52 Å². The maximum Gasteiger partial charge on any atom is 0.257 e. The molecule has 134 valence electrons. The maximum atomic E-state index is 12.6. The Morgan fingerprint density at radius 2 is 1.81 bits per heavy atom. The monoisotopic (exact) mass is 396 g/mol. The molecule has 4 rings (SSSR count). The minimum atomic E-state index is -0.300. The number of hydrogen-bond donors (Lipinski definition) is 1. The quantitative estimate of drug-likeness (QED) is 0.438. The molecule has 0 radical (unpaired) electrons. The number of halogens is 2. The number of hydrogen-bond acceptors (Lipinski definition) is 3. The van der Waals surface area contributed by atoms with Crippen molar-refractivity contribution in [2.24, 2.45) is 0 Å². The lowest BCUT2D eigenvalue weighted by Gasteiger charge is -2.09. The lowest BCUT2D eigenvalue weighted by atomic mass is 10.1. The molecule has 6 heteroatoms. The van der Waals surface area contributed by atoms with Crippen LogP contribution in [0, 0.1) is 6.92 Å². The van der Waals surface area contributed by atoms with E-state index < -0.39 is 0 Å². The molecule has 4 nitrogen and oxygen atoms in total. The molecule has 4 aromatic rings. The van der Waals surface area contributed by atoms with Gasteiger partial charge >= 0.3 is 0 Å². The Hall–Kier alpha value is -2.82. The standard InChI is InChI=1S/C21H14Cl2N2O2/c1-12-6-8-14(17(23)10-12)20(26)24-13-7-9-16(22)15(11-13)21-25-18-4-2-3-5-19(18)27-21/h2-11H,1H3,(H,24,26). The lowest BCUT2D eigenvalue weighted by Crippen LogP contribution is -2.12. The summed E-state index contributed by atoms with van der Waals surface area (Å²) in [6, 6.07) is 17.9. The van der Waals surface area contributed by atoms with Crippen LogP contribution in [0.1, 0.15) is 15.9 Å². The average molecular weight is 397 g/mol. The molecule has 0 unspecified atom stereocenters. The molecule has 1 heterocycles. The van der Waals surface area contributed by atoms with Gasteiger partial charge < -0.3 is 9.73 Å². The Balaban J connectivity index is 1.67. The van der Waals surface area contributed by atoms with Gasteiger partial charge in [0.05, 0.1) is 21.2 Å². The molecule has 0 fully saturated rings. The summed E-state index contributed by atoms with van der Waals surface area (Å²) >= 11 is 12.5. The van der Waals surface area contributed by atoms with E-state index in [0.717, 1.165) is 11.1 Å². The Morgan fingerprint density at radius 3 is 2.59 bits per heavy atom. The van der Waals surface area contributed by atoms with Crippen molar-refractivity contribution in [1.82, 2.24) is 4.98 Å². The van der Waals surface area contributed by atoms with E-state index in [9.17, 15) is 4.79 Å². The molecule has 1 N–H and O–H groups in total. The number of nitrogens with one attached hydrogen (secondary N) is 1. The number of anilines is 1. The van der Waals surface area contributed by atoms with Crippen molar-refractivity contribution in [3.63, 3.8) is 0 Å². The number of benzene rings is 3. The third-order valence-corrected chi connectivity index (χ3v) is 4.76. The number of para-hydroxylation sites is 2. The number of nitrogens with zero attached hydrogens (tertiary/aromatic N) is 1. The van der Waals surface area contributed by atoms with Crippen molar-refractivity contribution in [3.05, 3.63) is 81.8 Å². The summed E-state index contributed by atoms with van der Waals surface area (Å²) in [6.07, 6.45) is 0. The molecule has 0 saturated carbocycles. The van der Waals surface area contributed by atoms with Crippen LogP contribution in [0.25, 0.3) is 22.6 Å². The highest BCUT2D eigenvalue weighted by molar-refractivity contribution is 6.34. The molecule has 27 heavy (non-hydrogen) atoms. The number of carbonyl (C=O) groups is 1. The minimum absolute atomic E-state index is 0.300. The van der Waals surface area contributed by atoms with E-state index in [1.165, 1.54) is 0 Å². The van der Waals surface area contributed by atoms with Crippen LogP contribution in [0.15, 0.2) is 65.1 Å². The van der Waals surface area contributed by atoms with Crippen LogP contribution in [0.5, 0.6) is 0 Å². The van der Waals surface area contributed by atoms with Gasteiger partial charge in [-0.3, -0.25) is 4.79 Å². The number of amides is 1. The molecule has 0 aliphatic carbocycles. The van der Waals surface area contributed by atoms with E-state index in [1.54, 1.807) is 30.3 Å². The summed E-state index contributed by atoms with van der Waals surface area (Å²) < 4.78 is 5.78. The Bertz CT molecular complexity index is 1140. The third-order valence-electron chi connectivity index (χ3n) is 4.12. The van der Waals surface area contributed by atoms with Crippen molar-refractivity contribution >= 4 is 45.9 Å². The fraction of sp³-hybridized carbons (Fsp3) is 0.0476. The molecule has 0 aliphatic rings. The first-order valence-corrected chi connectivity index (χ1v) is 9.00. The number of fused-ring (bicyclic) bond motifs is 1. The highest BCUT2D eigenvalue weighted by atomic mass is 35.5. The van der Waals surface area contributed by atoms with Gasteiger partial charge in [-0.25, -0.2) is 4.98 Å². The number of aryl methyl sites for hydroxylation is 1. The van der Waals surface area contributed by atoms with E-state index in [0.29, 0.717) is 38.3 Å². The van der Waals surface area contributed by atoms with Crippen LogP contribution in [0.2, 0.25) is 10.0 Å². The molecule has 0 spiro atoms. The summed E-state index contributed by atoms with van der Waals surface area (Å²) in [4.78, 5) is 17.0. The smallest absolute Gasteiger partial charge is 0.257 e. The molecular formula is C21H14Cl2N2O2. The molecule has 0 aliphatic heterocycles. The van der Waals surface area contributed by atoms with Crippen LogP contribution >= 0.6 is 23.2 Å². The largest absolute Gasteiger partial charge is 0.436 e. The van der Waals surface area contributed by atoms with Crippen molar-refractivity contribution in [1.29, 1.82) is 0 Å². The second-order valence-electron chi connectivity index (χ2n) is 6.12. The normalized spacial score (nSPS) is 10.9. The van der Waals surface area contributed by atoms with Crippen LogP contribution in [0.3, 0.4) is 0 Å². The van der Waals surface area contributed by atoms with Crippen LogP contribution < -0.4 is 5.32 Å². The van der Waals surface area contributed by atoms with Crippen LogP contribution in [-0.2, 0) is 0 Å². The van der Waals surface area contributed by atoms with Gasteiger partial charge in [-0.1, -0.05) is 41.4 Å². The van der Waals surface area contributed by atoms with Crippen molar-refractivity contribution < 1.29 is 9.21 Å². The van der Waals surface area contributed by atoms with Crippen LogP contribution in [-0.4, -0.2) is 10.9 Å². The molecule has 0 bridgehead atoms. The zero-order valence-corrected chi connectivity index (χ0v) is 15.8. The van der Waals surface area contributed by atoms with Crippen LogP contribution in [0.4, 0.5) is 5.69 Å². The van der Waals surface area contributed by atoms with E-state index in [2.05, 4.69) is 10.3 Å². The van der Waals surface area contributed by atoms with Gasteiger partial charge in [-0.2, -0.15) is 0 Å². The predicted molar refractivity (Wildman–Crippen MR) is 109 cm³/mol. The third kappa shape index (κ3) is 3.54. The summed E-state index contributed by atoms with van der Waals surface area (Å²) in [5.41, 5.74) is 3.97. The molecule has 3 aromatic carbocycles. The van der Waals surface area contributed by atoms with E-state index in [1.807, 2.05) is 37.3 Å². The second-order valence-corrected chi connectivity index (χ2v) is 6.93. The van der Waals surface area contributed by atoms with Gasteiger partial charge in [0.25, 0.3) is 5.91 Å².